The molecular weight excluding hydrogens is 258 g/mol. The summed E-state index contributed by atoms with van der Waals surface area (Å²) in [5.41, 5.74) is 0.996. The Labute approximate surface area is 117 Å². The molecule has 3 nitrogen and oxygen atoms in total. The molecule has 0 bridgehead atoms. The quantitative estimate of drug-likeness (QED) is 0.798. The molecule has 1 aromatic carbocycles. The Morgan fingerprint density at radius 2 is 2.05 bits per heavy atom. The third kappa shape index (κ3) is 4.31. The van der Waals surface area contributed by atoms with Crippen molar-refractivity contribution in [2.45, 2.75) is 33.6 Å². The highest BCUT2D eigenvalue weighted by atomic mass is 32.1. The Hall–Kier alpha value is -1.42. The van der Waals surface area contributed by atoms with Crippen LogP contribution in [0, 0.1) is 5.41 Å². The number of para-hydroxylation sites is 1. The van der Waals surface area contributed by atoms with Crippen molar-refractivity contribution < 1.29 is 9.53 Å². The van der Waals surface area contributed by atoms with Crippen molar-refractivity contribution in [1.82, 2.24) is 4.98 Å². The highest BCUT2D eigenvalue weighted by Crippen LogP contribution is 2.22. The smallest absolute Gasteiger partial charge is 0.306 e. The minimum atomic E-state index is -0.131. The maximum atomic E-state index is 11.6. The fourth-order valence-corrected chi connectivity index (χ4v) is 2.71. The van der Waals surface area contributed by atoms with E-state index in [2.05, 4.69) is 11.1 Å². The van der Waals surface area contributed by atoms with Crippen molar-refractivity contribution in [3.05, 3.63) is 29.3 Å². The minimum absolute atomic E-state index is 0.0209. The van der Waals surface area contributed by atoms with E-state index in [0.29, 0.717) is 19.4 Å². The predicted octanol–water partition coefficient (Wildman–Crippen LogP) is 3.82. The highest BCUT2D eigenvalue weighted by Gasteiger charge is 2.17. The van der Waals surface area contributed by atoms with Gasteiger partial charge in [-0.15, -0.1) is 11.3 Å². The van der Waals surface area contributed by atoms with Crippen LogP contribution in [0.25, 0.3) is 10.2 Å². The molecule has 1 heterocycles. The average Bonchev–Trinajstić information content (AvgIpc) is 2.68. The average molecular weight is 277 g/mol. The highest BCUT2D eigenvalue weighted by molar-refractivity contribution is 7.18. The molecule has 19 heavy (non-hydrogen) atoms. The van der Waals surface area contributed by atoms with Crippen molar-refractivity contribution in [3.8, 4) is 0 Å². The van der Waals surface area contributed by atoms with Crippen LogP contribution in [0.1, 0.15) is 32.2 Å². The van der Waals surface area contributed by atoms with Crippen molar-refractivity contribution in [2.75, 3.05) is 6.61 Å². The van der Waals surface area contributed by atoms with Gasteiger partial charge >= 0.3 is 5.97 Å². The van der Waals surface area contributed by atoms with Crippen LogP contribution in [0.2, 0.25) is 0 Å². The normalized spacial score (nSPS) is 11.7. The van der Waals surface area contributed by atoms with Crippen LogP contribution >= 0.6 is 11.3 Å². The molecule has 0 unspecified atom stereocenters. The van der Waals surface area contributed by atoms with Crippen molar-refractivity contribution in [1.29, 1.82) is 0 Å². The van der Waals surface area contributed by atoms with Gasteiger partial charge in [0.05, 0.1) is 28.3 Å². The first kappa shape index (κ1) is 14.0. The van der Waals surface area contributed by atoms with E-state index in [1.807, 2.05) is 39.0 Å². The first-order chi connectivity index (χ1) is 8.94. The van der Waals surface area contributed by atoms with Gasteiger partial charge in [-0.25, -0.2) is 4.98 Å². The van der Waals surface area contributed by atoms with E-state index in [9.17, 15) is 4.79 Å². The second kappa shape index (κ2) is 5.70. The summed E-state index contributed by atoms with van der Waals surface area (Å²) in [6.45, 7) is 6.50. The van der Waals surface area contributed by atoms with Gasteiger partial charge in [0.1, 0.15) is 0 Å². The number of aromatic nitrogens is 1. The molecule has 102 valence electrons. The van der Waals surface area contributed by atoms with Gasteiger partial charge in [-0.05, 0) is 17.5 Å². The second-order valence-electron chi connectivity index (χ2n) is 5.78. The number of thiazole rings is 1. The molecule has 1 aromatic heterocycles. The zero-order valence-corrected chi connectivity index (χ0v) is 12.4. The topological polar surface area (TPSA) is 39.2 Å². The van der Waals surface area contributed by atoms with Crippen LogP contribution in [0.4, 0.5) is 0 Å². The summed E-state index contributed by atoms with van der Waals surface area (Å²) in [6, 6.07) is 8.05. The molecule has 0 fully saturated rings. The zero-order chi connectivity index (χ0) is 13.9. The molecule has 0 spiro atoms. The van der Waals surface area contributed by atoms with Crippen LogP contribution in [0.3, 0.4) is 0 Å². The van der Waals surface area contributed by atoms with Crippen LogP contribution in [-0.2, 0) is 16.0 Å². The third-order valence-corrected chi connectivity index (χ3v) is 3.69. The largest absolute Gasteiger partial charge is 0.465 e. The standard InChI is InChI=1S/C15H19NO2S/c1-15(2,3)10-14(17)18-9-8-13-16-11-6-4-5-7-12(11)19-13/h4-7H,8-10H2,1-3H3. The van der Waals surface area contributed by atoms with Gasteiger partial charge in [0.2, 0.25) is 0 Å². The van der Waals surface area contributed by atoms with Crippen LogP contribution in [-0.4, -0.2) is 17.6 Å². The Balaban J connectivity index is 1.84. The molecule has 0 saturated heterocycles. The van der Waals surface area contributed by atoms with Gasteiger partial charge in [-0.1, -0.05) is 32.9 Å². The van der Waals surface area contributed by atoms with Gasteiger partial charge in [-0.3, -0.25) is 4.79 Å². The number of esters is 1. The lowest BCUT2D eigenvalue weighted by atomic mass is 9.92. The van der Waals surface area contributed by atoms with E-state index in [4.69, 9.17) is 4.74 Å². The van der Waals surface area contributed by atoms with Crippen LogP contribution in [0.15, 0.2) is 24.3 Å². The lowest BCUT2D eigenvalue weighted by Gasteiger charge is -2.16. The maximum absolute atomic E-state index is 11.6. The van der Waals surface area contributed by atoms with E-state index in [1.165, 1.54) is 4.70 Å². The Kier molecular flexibility index (Phi) is 4.20. The van der Waals surface area contributed by atoms with E-state index < -0.39 is 0 Å². The number of carbonyl (C=O) groups is 1. The Morgan fingerprint density at radius 1 is 1.32 bits per heavy atom. The maximum Gasteiger partial charge on any atom is 0.306 e. The van der Waals surface area contributed by atoms with E-state index in [1.54, 1.807) is 11.3 Å². The summed E-state index contributed by atoms with van der Waals surface area (Å²) in [5, 5.41) is 1.02. The van der Waals surface area contributed by atoms with E-state index in [-0.39, 0.29) is 11.4 Å². The monoisotopic (exact) mass is 277 g/mol. The number of benzene rings is 1. The summed E-state index contributed by atoms with van der Waals surface area (Å²) in [5.74, 6) is -0.131. The fraction of sp³-hybridized carbons (Fsp3) is 0.467. The number of hydrogen-bond donors (Lipinski definition) is 0. The van der Waals surface area contributed by atoms with Gasteiger partial charge < -0.3 is 4.74 Å². The summed E-state index contributed by atoms with van der Waals surface area (Å²) in [6.07, 6.45) is 1.14. The summed E-state index contributed by atoms with van der Waals surface area (Å²) >= 11 is 1.66. The van der Waals surface area contributed by atoms with Gasteiger partial charge in [-0.2, -0.15) is 0 Å². The fourth-order valence-electron chi connectivity index (χ4n) is 1.76. The number of hydrogen-bond acceptors (Lipinski definition) is 4. The number of nitrogens with zero attached hydrogens (tertiary/aromatic N) is 1. The molecule has 0 amide bonds. The molecule has 2 rings (SSSR count). The molecular formula is C15H19NO2S. The molecule has 0 atom stereocenters. The zero-order valence-electron chi connectivity index (χ0n) is 11.6. The lowest BCUT2D eigenvalue weighted by Crippen LogP contribution is -2.16. The van der Waals surface area contributed by atoms with Gasteiger partial charge in [0, 0.05) is 6.42 Å². The summed E-state index contributed by atoms with van der Waals surface area (Å²) < 4.78 is 6.42. The molecule has 0 saturated carbocycles. The first-order valence-corrected chi connectivity index (χ1v) is 7.26. The summed E-state index contributed by atoms with van der Waals surface area (Å²) in [7, 11) is 0. The number of carbonyl (C=O) groups excluding carboxylic acids is 1. The second-order valence-corrected chi connectivity index (χ2v) is 6.90. The van der Waals surface area contributed by atoms with Crippen LogP contribution < -0.4 is 0 Å². The molecule has 0 aliphatic rings. The van der Waals surface area contributed by atoms with Gasteiger partial charge in [0.15, 0.2) is 0 Å². The predicted molar refractivity (Wildman–Crippen MR) is 78.4 cm³/mol. The van der Waals surface area contributed by atoms with E-state index in [0.717, 1.165) is 10.5 Å². The third-order valence-electron chi connectivity index (χ3n) is 2.59. The van der Waals surface area contributed by atoms with Crippen molar-refractivity contribution in [3.63, 3.8) is 0 Å². The van der Waals surface area contributed by atoms with Crippen molar-refractivity contribution in [2.24, 2.45) is 5.41 Å². The first-order valence-electron chi connectivity index (χ1n) is 6.44. The Bertz CT molecular complexity index is 536. The lowest BCUT2D eigenvalue weighted by molar-refractivity contribution is -0.145. The van der Waals surface area contributed by atoms with Crippen LogP contribution in [0.5, 0.6) is 0 Å². The SMILES string of the molecule is CC(C)(C)CC(=O)OCCc1nc2ccccc2s1. The molecule has 4 heteroatoms. The molecule has 0 aliphatic heterocycles. The molecule has 0 radical (unpaired) electrons. The number of ether oxygens (including phenoxy) is 1. The van der Waals surface area contributed by atoms with Gasteiger partial charge in [0.25, 0.3) is 0 Å². The van der Waals surface area contributed by atoms with E-state index >= 15 is 0 Å². The van der Waals surface area contributed by atoms with Crippen molar-refractivity contribution >= 4 is 27.5 Å². The molecule has 2 aromatic rings. The number of fused-ring (bicyclic) bond motifs is 1. The Morgan fingerprint density at radius 3 is 2.74 bits per heavy atom. The number of rotatable bonds is 4. The molecule has 0 N–H and O–H groups in total. The molecule has 0 aliphatic carbocycles. The minimum Gasteiger partial charge on any atom is -0.465 e. The summed E-state index contributed by atoms with van der Waals surface area (Å²) in [4.78, 5) is 16.1.